The molecule has 4 N–H and O–H groups in total. The normalized spacial score (nSPS) is 20.6. The molecule has 3 aromatic rings. The predicted molar refractivity (Wildman–Crippen MR) is 117 cm³/mol. The minimum atomic E-state index is -0.350. The Balaban J connectivity index is 1.44. The molecule has 0 saturated heterocycles. The third-order valence-electron chi connectivity index (χ3n) is 5.68. The van der Waals surface area contributed by atoms with E-state index in [2.05, 4.69) is 26.0 Å². The van der Waals surface area contributed by atoms with Gasteiger partial charge in [0.25, 0.3) is 5.91 Å². The molecule has 0 radical (unpaired) electrons. The first-order valence-corrected chi connectivity index (χ1v) is 10.7. The van der Waals surface area contributed by atoms with Crippen molar-refractivity contribution >= 4 is 28.9 Å². The summed E-state index contributed by atoms with van der Waals surface area (Å²) in [5, 5.41) is 23.5. The first-order valence-electron chi connectivity index (χ1n) is 10.7. The lowest BCUT2D eigenvalue weighted by molar-refractivity contribution is 0.0935. The van der Waals surface area contributed by atoms with Crippen molar-refractivity contribution in [2.75, 3.05) is 17.7 Å². The van der Waals surface area contributed by atoms with E-state index in [-0.39, 0.29) is 24.2 Å². The maximum Gasteiger partial charge on any atom is 0.256 e. The van der Waals surface area contributed by atoms with Crippen LogP contribution in [0.15, 0.2) is 36.5 Å². The highest BCUT2D eigenvalue weighted by atomic mass is 16.5. The van der Waals surface area contributed by atoms with Crippen molar-refractivity contribution in [2.24, 2.45) is 0 Å². The first-order chi connectivity index (χ1) is 15.1. The fourth-order valence-corrected chi connectivity index (χ4v) is 3.89. The van der Waals surface area contributed by atoms with Gasteiger partial charge in [0.1, 0.15) is 22.9 Å². The van der Waals surface area contributed by atoms with Crippen LogP contribution in [0.3, 0.4) is 0 Å². The number of hydrogen-bond acceptors (Lipinski definition) is 7. The standard InChI is InChI=1S/C22H26N6O3/c1-23-20-11-19(26-17-4-2-3-5-18(17)31-15-8-9-15)27-21-16(12-24-28(20)21)22(30)25-13-6-7-14(29)10-13/h2-5,11-15,23,29H,6-10H2,1H3,(H,25,30)(H,26,27)/t13-,14-/m0/s1. The van der Waals surface area contributed by atoms with E-state index in [1.165, 1.54) is 6.20 Å². The topological polar surface area (TPSA) is 113 Å². The van der Waals surface area contributed by atoms with Crippen molar-refractivity contribution < 1.29 is 14.6 Å². The van der Waals surface area contributed by atoms with Gasteiger partial charge in [0.2, 0.25) is 0 Å². The molecule has 2 atom stereocenters. The average Bonchev–Trinajstić information content (AvgIpc) is 3.32. The zero-order valence-electron chi connectivity index (χ0n) is 17.3. The van der Waals surface area contributed by atoms with E-state index in [0.29, 0.717) is 35.7 Å². The van der Waals surface area contributed by atoms with Crippen LogP contribution in [-0.4, -0.2) is 50.9 Å². The van der Waals surface area contributed by atoms with Gasteiger partial charge in [-0.05, 0) is 44.2 Å². The van der Waals surface area contributed by atoms with Gasteiger partial charge >= 0.3 is 0 Å². The summed E-state index contributed by atoms with van der Waals surface area (Å²) in [6.07, 6.45) is 5.67. The molecule has 2 aliphatic rings. The SMILES string of the molecule is CNc1cc(Nc2ccccc2OC2CC2)nc2c(C(=O)N[C@H]3CC[C@H](O)C3)cnn12. The summed E-state index contributed by atoms with van der Waals surface area (Å²) in [6, 6.07) is 9.56. The predicted octanol–water partition coefficient (Wildman–Crippen LogP) is 2.70. The van der Waals surface area contributed by atoms with E-state index < -0.39 is 0 Å². The maximum atomic E-state index is 12.9. The number of nitrogens with one attached hydrogen (secondary N) is 3. The largest absolute Gasteiger partial charge is 0.488 e. The highest BCUT2D eigenvalue weighted by Crippen LogP contribution is 2.33. The number of carbonyl (C=O) groups is 1. The van der Waals surface area contributed by atoms with Gasteiger partial charge in [-0.25, -0.2) is 4.98 Å². The number of ether oxygens (including phenoxy) is 1. The lowest BCUT2D eigenvalue weighted by atomic mass is 10.2. The molecule has 2 fully saturated rings. The summed E-state index contributed by atoms with van der Waals surface area (Å²) < 4.78 is 7.60. The number of hydrogen-bond donors (Lipinski definition) is 4. The first kappa shape index (κ1) is 19.6. The second kappa shape index (κ2) is 8.07. The van der Waals surface area contributed by atoms with Crippen molar-refractivity contribution in [3.63, 3.8) is 0 Å². The lowest BCUT2D eigenvalue weighted by Crippen LogP contribution is -2.33. The fourth-order valence-electron chi connectivity index (χ4n) is 3.89. The van der Waals surface area contributed by atoms with Crippen LogP contribution in [0.25, 0.3) is 5.65 Å². The van der Waals surface area contributed by atoms with Gasteiger partial charge in [-0.2, -0.15) is 9.61 Å². The number of benzene rings is 1. The number of anilines is 3. The number of para-hydroxylation sites is 2. The van der Waals surface area contributed by atoms with Gasteiger partial charge in [-0.1, -0.05) is 12.1 Å². The molecule has 31 heavy (non-hydrogen) atoms. The Kier molecular flexibility index (Phi) is 5.11. The molecule has 2 heterocycles. The highest BCUT2D eigenvalue weighted by molar-refractivity contribution is 6.00. The zero-order valence-corrected chi connectivity index (χ0v) is 17.3. The van der Waals surface area contributed by atoms with Crippen molar-refractivity contribution in [3.05, 3.63) is 42.1 Å². The molecule has 1 aromatic carbocycles. The van der Waals surface area contributed by atoms with Crippen LogP contribution in [0.5, 0.6) is 5.75 Å². The second-order valence-electron chi connectivity index (χ2n) is 8.15. The third kappa shape index (κ3) is 4.13. The number of rotatable bonds is 7. The molecule has 2 aromatic heterocycles. The Morgan fingerprint density at radius 2 is 2.06 bits per heavy atom. The zero-order chi connectivity index (χ0) is 21.4. The lowest BCUT2D eigenvalue weighted by Gasteiger charge is -2.14. The molecule has 5 rings (SSSR count). The van der Waals surface area contributed by atoms with Crippen LogP contribution >= 0.6 is 0 Å². The van der Waals surface area contributed by atoms with Crippen LogP contribution < -0.4 is 20.7 Å². The molecule has 2 saturated carbocycles. The van der Waals surface area contributed by atoms with Gasteiger partial charge in [0.05, 0.1) is 24.1 Å². The summed E-state index contributed by atoms with van der Waals surface area (Å²) in [4.78, 5) is 17.6. The number of fused-ring (bicyclic) bond motifs is 1. The molecule has 0 spiro atoms. The van der Waals surface area contributed by atoms with Crippen LogP contribution in [-0.2, 0) is 0 Å². The minimum Gasteiger partial charge on any atom is -0.488 e. The molecule has 1 amide bonds. The summed E-state index contributed by atoms with van der Waals surface area (Å²) in [5.41, 5.74) is 1.66. The van der Waals surface area contributed by atoms with Crippen molar-refractivity contribution in [1.29, 1.82) is 0 Å². The van der Waals surface area contributed by atoms with E-state index in [1.54, 1.807) is 11.6 Å². The number of aromatic nitrogens is 3. The smallest absolute Gasteiger partial charge is 0.256 e. The molecule has 0 unspecified atom stereocenters. The summed E-state index contributed by atoms with van der Waals surface area (Å²) in [7, 11) is 1.80. The van der Waals surface area contributed by atoms with Crippen molar-refractivity contribution in [2.45, 2.75) is 50.4 Å². The van der Waals surface area contributed by atoms with E-state index in [4.69, 9.17) is 4.74 Å². The number of nitrogens with zero attached hydrogens (tertiary/aromatic N) is 3. The van der Waals surface area contributed by atoms with Crippen molar-refractivity contribution in [3.8, 4) is 5.75 Å². The Bertz CT molecular complexity index is 1110. The van der Waals surface area contributed by atoms with E-state index in [0.717, 1.165) is 30.7 Å². The maximum absolute atomic E-state index is 12.9. The average molecular weight is 422 g/mol. The van der Waals surface area contributed by atoms with Crippen LogP contribution in [0.4, 0.5) is 17.3 Å². The molecule has 9 heteroatoms. The van der Waals surface area contributed by atoms with Gasteiger partial charge < -0.3 is 25.8 Å². The molecular formula is C22H26N6O3. The van der Waals surface area contributed by atoms with E-state index in [1.807, 2.05) is 30.3 Å². The summed E-state index contributed by atoms with van der Waals surface area (Å²) >= 11 is 0. The van der Waals surface area contributed by atoms with Crippen LogP contribution in [0.1, 0.15) is 42.5 Å². The molecule has 9 nitrogen and oxygen atoms in total. The van der Waals surface area contributed by atoms with Crippen LogP contribution in [0, 0.1) is 0 Å². The molecule has 0 aliphatic heterocycles. The third-order valence-corrected chi connectivity index (χ3v) is 5.68. The van der Waals surface area contributed by atoms with Crippen molar-refractivity contribution in [1.82, 2.24) is 19.9 Å². The molecule has 162 valence electrons. The molecule has 0 bridgehead atoms. The van der Waals surface area contributed by atoms with Gasteiger partial charge in [-0.3, -0.25) is 4.79 Å². The quantitative estimate of drug-likeness (QED) is 0.463. The van der Waals surface area contributed by atoms with Gasteiger partial charge in [-0.15, -0.1) is 0 Å². The second-order valence-corrected chi connectivity index (χ2v) is 8.15. The number of aliphatic hydroxyl groups is 1. The number of carbonyl (C=O) groups excluding carboxylic acids is 1. The Hall–Kier alpha value is -3.33. The van der Waals surface area contributed by atoms with Crippen LogP contribution in [0.2, 0.25) is 0 Å². The number of aliphatic hydroxyl groups excluding tert-OH is 1. The minimum absolute atomic E-state index is 0.0334. The molecule has 2 aliphatic carbocycles. The Morgan fingerprint density at radius 3 is 2.81 bits per heavy atom. The fraction of sp³-hybridized carbons (Fsp3) is 0.409. The Labute approximate surface area is 179 Å². The van der Waals surface area contributed by atoms with E-state index >= 15 is 0 Å². The Morgan fingerprint density at radius 1 is 1.23 bits per heavy atom. The van der Waals surface area contributed by atoms with Gasteiger partial charge in [0.15, 0.2) is 5.65 Å². The highest BCUT2D eigenvalue weighted by Gasteiger charge is 2.27. The monoisotopic (exact) mass is 422 g/mol. The summed E-state index contributed by atoms with van der Waals surface area (Å²) in [6.45, 7) is 0. The van der Waals surface area contributed by atoms with E-state index in [9.17, 15) is 9.90 Å². The number of amides is 1. The molecular weight excluding hydrogens is 396 g/mol. The van der Waals surface area contributed by atoms with Gasteiger partial charge in [0, 0.05) is 19.2 Å². The summed E-state index contributed by atoms with van der Waals surface area (Å²) in [5.74, 6) is 1.82.